The Labute approximate surface area is 287 Å². The second-order valence-electron chi connectivity index (χ2n) is 13.3. The van der Waals surface area contributed by atoms with E-state index in [1.165, 1.54) is 76.5 Å². The molecule has 0 aliphatic rings. The molecule has 0 amide bonds. The maximum Gasteiger partial charge on any atom is 0.0708 e. The van der Waals surface area contributed by atoms with Crippen LogP contribution in [0.3, 0.4) is 0 Å². The monoisotopic (exact) mass is 625 g/mol. The Bertz CT molecular complexity index is 2620. The van der Waals surface area contributed by atoms with Crippen LogP contribution in [0.4, 0.5) is 0 Å². The maximum absolute atomic E-state index is 4.74. The van der Waals surface area contributed by atoms with Gasteiger partial charge in [-0.2, -0.15) is 0 Å². The molecule has 0 fully saturated rings. The summed E-state index contributed by atoms with van der Waals surface area (Å²) in [5, 5.41) is 10.2. The average molecular weight is 626 g/mol. The molecule has 49 heavy (non-hydrogen) atoms. The molecule has 1 aromatic heterocycles. The van der Waals surface area contributed by atoms with Crippen molar-refractivity contribution in [2.45, 2.75) is 19.8 Å². The summed E-state index contributed by atoms with van der Waals surface area (Å²) in [7, 11) is 0. The highest BCUT2D eigenvalue weighted by atomic mass is 14.7. The van der Waals surface area contributed by atoms with Crippen molar-refractivity contribution in [3.8, 4) is 44.6 Å². The number of rotatable bonds is 5. The van der Waals surface area contributed by atoms with Gasteiger partial charge in [0.15, 0.2) is 0 Å². The van der Waals surface area contributed by atoms with E-state index in [4.69, 9.17) is 4.98 Å². The molecule has 0 spiro atoms. The van der Waals surface area contributed by atoms with E-state index in [2.05, 4.69) is 178 Å². The van der Waals surface area contributed by atoms with Crippen LogP contribution >= 0.6 is 0 Å². The van der Waals surface area contributed by atoms with Gasteiger partial charge in [0.2, 0.25) is 0 Å². The second kappa shape index (κ2) is 11.9. The van der Waals surface area contributed by atoms with Gasteiger partial charge in [-0.15, -0.1) is 0 Å². The molecule has 0 radical (unpaired) electrons. The quantitative estimate of drug-likeness (QED) is 0.173. The van der Waals surface area contributed by atoms with Crippen LogP contribution in [0.1, 0.15) is 25.3 Å². The average Bonchev–Trinajstić information content (AvgIpc) is 3.16. The third kappa shape index (κ3) is 4.98. The van der Waals surface area contributed by atoms with E-state index in [0.717, 1.165) is 16.8 Å². The van der Waals surface area contributed by atoms with Gasteiger partial charge < -0.3 is 0 Å². The summed E-state index contributed by atoms with van der Waals surface area (Å²) < 4.78 is 0. The molecule has 0 aliphatic carbocycles. The normalized spacial score (nSPS) is 11.7. The zero-order valence-electron chi connectivity index (χ0n) is 27.7. The first-order chi connectivity index (χ1) is 24.1. The molecule has 0 saturated carbocycles. The molecule has 9 rings (SSSR count). The topological polar surface area (TPSA) is 12.9 Å². The molecular formula is C48H35N. The van der Waals surface area contributed by atoms with Crippen molar-refractivity contribution in [3.05, 3.63) is 176 Å². The molecule has 0 N–H and O–H groups in total. The standard InChI is InChI=1S/C48H35N/c1-31(2)38-17-9-19-40-39(38)18-10-20-41(40)48-44-15-7-5-13-42(44)47(43-14-6-8-16-45(43)48)34-24-21-33(22-25-34)36-27-28-49-46(30-36)37-26-23-32-11-3-4-12-35(32)29-37/h3-31H,1-2H3. The molecule has 1 heteroatoms. The van der Waals surface area contributed by atoms with E-state index in [-0.39, 0.29) is 0 Å². The van der Waals surface area contributed by atoms with Gasteiger partial charge >= 0.3 is 0 Å². The molecule has 0 unspecified atom stereocenters. The molecule has 1 nitrogen and oxygen atoms in total. The highest BCUT2D eigenvalue weighted by molar-refractivity contribution is 6.23. The minimum absolute atomic E-state index is 0.454. The first-order valence-corrected chi connectivity index (χ1v) is 17.2. The number of fused-ring (bicyclic) bond motifs is 4. The fourth-order valence-electron chi connectivity index (χ4n) is 7.73. The number of hydrogen-bond acceptors (Lipinski definition) is 1. The summed E-state index contributed by atoms with van der Waals surface area (Å²) in [4.78, 5) is 4.74. The van der Waals surface area contributed by atoms with Crippen LogP contribution in [0.15, 0.2) is 170 Å². The van der Waals surface area contributed by atoms with E-state index >= 15 is 0 Å². The lowest BCUT2D eigenvalue weighted by Gasteiger charge is -2.20. The third-order valence-electron chi connectivity index (χ3n) is 10.1. The van der Waals surface area contributed by atoms with Gasteiger partial charge in [0.25, 0.3) is 0 Å². The number of hydrogen-bond donors (Lipinski definition) is 0. The van der Waals surface area contributed by atoms with Crippen molar-refractivity contribution in [3.63, 3.8) is 0 Å². The highest BCUT2D eigenvalue weighted by Gasteiger charge is 2.19. The Morgan fingerprint density at radius 3 is 1.67 bits per heavy atom. The number of pyridine rings is 1. The van der Waals surface area contributed by atoms with Crippen molar-refractivity contribution in [2.75, 3.05) is 0 Å². The highest BCUT2D eigenvalue weighted by Crippen LogP contribution is 2.46. The van der Waals surface area contributed by atoms with E-state index in [9.17, 15) is 0 Å². The first-order valence-electron chi connectivity index (χ1n) is 17.2. The largest absolute Gasteiger partial charge is 0.256 e. The first kappa shape index (κ1) is 29.1. The van der Waals surface area contributed by atoms with Crippen LogP contribution in [0.5, 0.6) is 0 Å². The van der Waals surface area contributed by atoms with Crippen molar-refractivity contribution in [2.24, 2.45) is 0 Å². The molecule has 9 aromatic rings. The van der Waals surface area contributed by atoms with E-state index in [0.29, 0.717) is 5.92 Å². The van der Waals surface area contributed by atoms with Crippen LogP contribution in [0.25, 0.3) is 87.7 Å². The minimum Gasteiger partial charge on any atom is -0.256 e. The van der Waals surface area contributed by atoms with Crippen LogP contribution in [-0.2, 0) is 0 Å². The van der Waals surface area contributed by atoms with Gasteiger partial charge in [-0.05, 0) is 106 Å². The Kier molecular flexibility index (Phi) is 7.06. The predicted octanol–water partition coefficient (Wildman–Crippen LogP) is 13.5. The summed E-state index contributed by atoms with van der Waals surface area (Å²) >= 11 is 0. The molecule has 0 aliphatic heterocycles. The SMILES string of the molecule is CC(C)c1cccc2c(-c3c4ccccc4c(-c4ccc(-c5ccnc(-c6ccc7ccccc7c6)c5)cc4)c4ccccc34)cccc12. The lowest BCUT2D eigenvalue weighted by atomic mass is 9.84. The van der Waals surface area contributed by atoms with E-state index < -0.39 is 0 Å². The Hall–Kier alpha value is -6.05. The van der Waals surface area contributed by atoms with Gasteiger partial charge in [0.05, 0.1) is 5.69 Å². The fourth-order valence-corrected chi connectivity index (χ4v) is 7.73. The molecule has 0 atom stereocenters. The Morgan fingerprint density at radius 2 is 0.959 bits per heavy atom. The number of aromatic nitrogens is 1. The molecule has 1 heterocycles. The molecular weight excluding hydrogens is 591 g/mol. The van der Waals surface area contributed by atoms with E-state index in [1.807, 2.05) is 6.20 Å². The van der Waals surface area contributed by atoms with Crippen LogP contribution in [-0.4, -0.2) is 4.98 Å². The van der Waals surface area contributed by atoms with Crippen LogP contribution < -0.4 is 0 Å². The van der Waals surface area contributed by atoms with Gasteiger partial charge in [0, 0.05) is 11.8 Å². The Balaban J connectivity index is 1.18. The molecule has 232 valence electrons. The van der Waals surface area contributed by atoms with Crippen LogP contribution in [0, 0.1) is 0 Å². The molecule has 0 bridgehead atoms. The lowest BCUT2D eigenvalue weighted by molar-refractivity contribution is 0.876. The number of benzene rings is 8. The fraction of sp³-hybridized carbons (Fsp3) is 0.0625. The van der Waals surface area contributed by atoms with Gasteiger partial charge in [-0.1, -0.05) is 159 Å². The van der Waals surface area contributed by atoms with Gasteiger partial charge in [-0.25, -0.2) is 0 Å². The lowest BCUT2D eigenvalue weighted by Crippen LogP contribution is -1.93. The van der Waals surface area contributed by atoms with Crippen molar-refractivity contribution in [1.82, 2.24) is 4.98 Å². The summed E-state index contributed by atoms with van der Waals surface area (Å²) in [5.41, 5.74) is 10.9. The van der Waals surface area contributed by atoms with Crippen LogP contribution in [0.2, 0.25) is 0 Å². The maximum atomic E-state index is 4.74. The second-order valence-corrected chi connectivity index (χ2v) is 13.3. The zero-order valence-corrected chi connectivity index (χ0v) is 27.7. The van der Waals surface area contributed by atoms with Crippen molar-refractivity contribution < 1.29 is 0 Å². The van der Waals surface area contributed by atoms with Gasteiger partial charge in [-0.3, -0.25) is 4.98 Å². The Morgan fingerprint density at radius 1 is 0.388 bits per heavy atom. The van der Waals surface area contributed by atoms with Crippen molar-refractivity contribution >= 4 is 43.1 Å². The molecule has 0 saturated heterocycles. The van der Waals surface area contributed by atoms with E-state index in [1.54, 1.807) is 0 Å². The summed E-state index contributed by atoms with van der Waals surface area (Å²) in [5.74, 6) is 0.454. The smallest absolute Gasteiger partial charge is 0.0708 e. The van der Waals surface area contributed by atoms with Gasteiger partial charge in [0.1, 0.15) is 0 Å². The summed E-state index contributed by atoms with van der Waals surface area (Å²) in [6.07, 6.45) is 1.92. The number of nitrogens with zero attached hydrogens (tertiary/aromatic N) is 1. The zero-order chi connectivity index (χ0) is 32.9. The van der Waals surface area contributed by atoms with Crippen molar-refractivity contribution in [1.29, 1.82) is 0 Å². The molecule has 8 aromatic carbocycles. The predicted molar refractivity (Wildman–Crippen MR) is 210 cm³/mol. The summed E-state index contributed by atoms with van der Waals surface area (Å²) in [6, 6.07) is 59.9. The summed E-state index contributed by atoms with van der Waals surface area (Å²) in [6.45, 7) is 4.57. The minimum atomic E-state index is 0.454. The third-order valence-corrected chi connectivity index (χ3v) is 10.1.